The van der Waals surface area contributed by atoms with Crippen LogP contribution in [0.3, 0.4) is 0 Å². The van der Waals surface area contributed by atoms with E-state index in [2.05, 4.69) is 5.32 Å². The molecule has 1 N–H and O–H groups in total. The van der Waals surface area contributed by atoms with Gasteiger partial charge in [0, 0.05) is 0 Å². The Morgan fingerprint density at radius 3 is 2.62 bits per heavy atom. The van der Waals surface area contributed by atoms with E-state index in [0.29, 0.717) is 6.61 Å². The van der Waals surface area contributed by atoms with E-state index in [1.54, 1.807) is 12.1 Å². The van der Waals surface area contributed by atoms with Gasteiger partial charge in [-0.05, 0) is 31.5 Å². The van der Waals surface area contributed by atoms with E-state index < -0.39 is 0 Å². The lowest BCUT2D eigenvalue weighted by atomic mass is 10.1. The molecule has 1 fully saturated rings. The highest BCUT2D eigenvalue weighted by Gasteiger charge is 2.28. The van der Waals surface area contributed by atoms with E-state index >= 15 is 0 Å². The minimum absolute atomic E-state index is 0.208. The van der Waals surface area contributed by atoms with Crippen LogP contribution in [0.15, 0.2) is 30.3 Å². The van der Waals surface area contributed by atoms with Gasteiger partial charge in [0.05, 0.1) is 12.6 Å². The van der Waals surface area contributed by atoms with Crippen molar-refractivity contribution in [2.45, 2.75) is 25.6 Å². The maximum absolute atomic E-state index is 12.7. The van der Waals surface area contributed by atoms with E-state index in [4.69, 9.17) is 4.74 Å². The summed E-state index contributed by atoms with van der Waals surface area (Å²) >= 11 is 0. The van der Waals surface area contributed by atoms with Gasteiger partial charge in [0.2, 0.25) is 0 Å². The largest absolute Gasteiger partial charge is 0.359 e. The lowest BCUT2D eigenvalue weighted by molar-refractivity contribution is 0.0232. The summed E-state index contributed by atoms with van der Waals surface area (Å²) in [4.78, 5) is 0. The number of benzene rings is 1. The van der Waals surface area contributed by atoms with Gasteiger partial charge in [0.1, 0.15) is 11.5 Å². The molecule has 0 radical (unpaired) electrons. The smallest absolute Gasteiger partial charge is 0.123 e. The van der Waals surface area contributed by atoms with Crippen LogP contribution in [0.5, 0.6) is 0 Å². The van der Waals surface area contributed by atoms with Crippen LogP contribution in [0.4, 0.5) is 4.39 Å². The van der Waals surface area contributed by atoms with Gasteiger partial charge in [-0.15, -0.1) is 0 Å². The predicted octanol–water partition coefficient (Wildman–Crippen LogP) is 2.56. The SMILES string of the molecule is CC1(C)NC(/C=C/c2ccc(F)cc2)CO1. The highest BCUT2D eigenvalue weighted by molar-refractivity contribution is 5.49. The lowest BCUT2D eigenvalue weighted by Gasteiger charge is -2.16. The van der Waals surface area contributed by atoms with Crippen molar-refractivity contribution in [1.82, 2.24) is 5.32 Å². The molecule has 1 atom stereocenters. The number of hydrogen-bond acceptors (Lipinski definition) is 2. The van der Waals surface area contributed by atoms with Gasteiger partial charge in [-0.3, -0.25) is 5.32 Å². The Morgan fingerprint density at radius 2 is 2.06 bits per heavy atom. The summed E-state index contributed by atoms with van der Waals surface area (Å²) in [6.07, 6.45) is 4.02. The maximum atomic E-state index is 12.7. The zero-order valence-electron chi connectivity index (χ0n) is 9.53. The highest BCUT2D eigenvalue weighted by Crippen LogP contribution is 2.15. The summed E-state index contributed by atoms with van der Waals surface area (Å²) in [5.74, 6) is -0.208. The number of rotatable bonds is 2. The Morgan fingerprint density at radius 1 is 1.38 bits per heavy atom. The van der Waals surface area contributed by atoms with Crippen LogP contribution in [0.2, 0.25) is 0 Å². The third-order valence-corrected chi connectivity index (χ3v) is 2.55. The highest BCUT2D eigenvalue weighted by atomic mass is 19.1. The zero-order valence-corrected chi connectivity index (χ0v) is 9.53. The van der Waals surface area contributed by atoms with Crippen molar-refractivity contribution in [2.75, 3.05) is 6.61 Å². The van der Waals surface area contributed by atoms with Crippen LogP contribution in [-0.2, 0) is 4.74 Å². The minimum atomic E-state index is -0.252. The minimum Gasteiger partial charge on any atom is -0.359 e. The Bertz CT molecular complexity index is 383. The zero-order chi connectivity index (χ0) is 11.6. The lowest BCUT2D eigenvalue weighted by Crippen LogP contribution is -2.37. The van der Waals surface area contributed by atoms with Crippen LogP contribution >= 0.6 is 0 Å². The molecule has 0 bridgehead atoms. The van der Waals surface area contributed by atoms with Gasteiger partial charge in [0.15, 0.2) is 0 Å². The van der Waals surface area contributed by atoms with Crippen molar-refractivity contribution in [3.05, 3.63) is 41.7 Å². The summed E-state index contributed by atoms with van der Waals surface area (Å²) in [6.45, 7) is 4.67. The second-order valence-corrected chi connectivity index (χ2v) is 4.48. The third-order valence-electron chi connectivity index (χ3n) is 2.55. The van der Waals surface area contributed by atoms with Gasteiger partial charge in [-0.1, -0.05) is 24.3 Å². The van der Waals surface area contributed by atoms with Crippen LogP contribution in [-0.4, -0.2) is 18.4 Å². The second-order valence-electron chi connectivity index (χ2n) is 4.48. The molecular weight excluding hydrogens is 205 g/mol. The van der Waals surface area contributed by atoms with E-state index in [0.717, 1.165) is 5.56 Å². The number of hydrogen-bond donors (Lipinski definition) is 1. The molecule has 0 aromatic heterocycles. The van der Waals surface area contributed by atoms with Crippen LogP contribution in [0.25, 0.3) is 6.08 Å². The monoisotopic (exact) mass is 221 g/mol. The summed E-state index contributed by atoms with van der Waals surface area (Å²) < 4.78 is 18.2. The molecule has 0 amide bonds. The first-order chi connectivity index (χ1) is 7.55. The molecule has 86 valence electrons. The van der Waals surface area contributed by atoms with Crippen molar-refractivity contribution >= 4 is 6.08 Å². The summed E-state index contributed by atoms with van der Waals surface area (Å²) in [7, 11) is 0. The molecule has 0 spiro atoms. The Hall–Kier alpha value is -1.19. The van der Waals surface area contributed by atoms with Crippen molar-refractivity contribution in [3.8, 4) is 0 Å². The molecule has 0 saturated carbocycles. The van der Waals surface area contributed by atoms with Gasteiger partial charge >= 0.3 is 0 Å². The molecule has 16 heavy (non-hydrogen) atoms. The summed E-state index contributed by atoms with van der Waals surface area (Å²) in [6, 6.07) is 6.66. The van der Waals surface area contributed by atoms with Crippen LogP contribution < -0.4 is 5.32 Å². The van der Waals surface area contributed by atoms with Gasteiger partial charge in [-0.2, -0.15) is 0 Å². The average molecular weight is 221 g/mol. The fourth-order valence-electron chi connectivity index (χ4n) is 1.73. The summed E-state index contributed by atoms with van der Waals surface area (Å²) in [5.41, 5.74) is 0.741. The van der Waals surface area contributed by atoms with Gasteiger partial charge < -0.3 is 4.74 Å². The molecule has 1 aromatic carbocycles. The first kappa shape index (κ1) is 11.3. The maximum Gasteiger partial charge on any atom is 0.123 e. The Balaban J connectivity index is 1.97. The molecule has 1 aromatic rings. The van der Waals surface area contributed by atoms with Crippen LogP contribution in [0, 0.1) is 5.82 Å². The number of nitrogens with one attached hydrogen (secondary N) is 1. The first-order valence-corrected chi connectivity index (χ1v) is 5.41. The molecule has 2 nitrogen and oxygen atoms in total. The normalized spacial score (nSPS) is 24.1. The molecule has 1 aliphatic heterocycles. The van der Waals surface area contributed by atoms with Crippen molar-refractivity contribution in [3.63, 3.8) is 0 Å². The Labute approximate surface area is 95.1 Å². The molecule has 1 unspecified atom stereocenters. The molecular formula is C13H16FNO. The van der Waals surface area contributed by atoms with E-state index in [1.165, 1.54) is 12.1 Å². The molecule has 1 saturated heterocycles. The van der Waals surface area contributed by atoms with Crippen LogP contribution in [0.1, 0.15) is 19.4 Å². The molecule has 0 aliphatic carbocycles. The number of ether oxygens (including phenoxy) is 1. The first-order valence-electron chi connectivity index (χ1n) is 5.41. The molecule has 1 heterocycles. The fraction of sp³-hybridized carbons (Fsp3) is 0.385. The third kappa shape index (κ3) is 2.90. The fourth-order valence-corrected chi connectivity index (χ4v) is 1.73. The quantitative estimate of drug-likeness (QED) is 0.828. The molecule has 2 rings (SSSR count). The predicted molar refractivity (Wildman–Crippen MR) is 62.4 cm³/mol. The van der Waals surface area contributed by atoms with Crippen molar-refractivity contribution in [1.29, 1.82) is 0 Å². The summed E-state index contributed by atoms with van der Waals surface area (Å²) in [5, 5.41) is 3.33. The van der Waals surface area contributed by atoms with Crippen molar-refractivity contribution in [2.24, 2.45) is 0 Å². The molecule has 1 aliphatic rings. The standard InChI is InChI=1S/C13H16FNO/c1-13(2)15-12(9-16-13)8-5-10-3-6-11(14)7-4-10/h3-8,12,15H,9H2,1-2H3/b8-5+. The van der Waals surface area contributed by atoms with E-state index in [1.807, 2.05) is 26.0 Å². The number of halogens is 1. The topological polar surface area (TPSA) is 21.3 Å². The average Bonchev–Trinajstić information content (AvgIpc) is 2.58. The van der Waals surface area contributed by atoms with E-state index in [9.17, 15) is 4.39 Å². The van der Waals surface area contributed by atoms with E-state index in [-0.39, 0.29) is 17.6 Å². The Kier molecular flexibility index (Phi) is 3.08. The van der Waals surface area contributed by atoms with Gasteiger partial charge in [-0.25, -0.2) is 4.39 Å². The van der Waals surface area contributed by atoms with Crippen molar-refractivity contribution < 1.29 is 9.13 Å². The second kappa shape index (κ2) is 4.36. The van der Waals surface area contributed by atoms with Gasteiger partial charge in [0.25, 0.3) is 0 Å². The molecule has 3 heteroatoms.